The van der Waals surface area contributed by atoms with Crippen molar-refractivity contribution in [1.29, 1.82) is 0 Å². The molecular weight excluding hydrogens is 707 g/mol. The summed E-state index contributed by atoms with van der Waals surface area (Å²) in [6, 6.07) is 6.27. The van der Waals surface area contributed by atoms with Crippen LogP contribution >= 0.6 is 11.3 Å². The Morgan fingerprint density at radius 1 is 1.00 bits per heavy atom. The Labute approximate surface area is 323 Å². The molecule has 4 aliphatic rings. The van der Waals surface area contributed by atoms with Crippen LogP contribution in [-0.4, -0.2) is 136 Å². The molecule has 1 aromatic heterocycles. The first kappa shape index (κ1) is 40.1. The van der Waals surface area contributed by atoms with Crippen molar-refractivity contribution < 1.29 is 29.0 Å². The number of nitrogens with zero attached hydrogens (tertiary/aromatic N) is 5. The highest BCUT2D eigenvalue weighted by molar-refractivity contribution is 7.13. The molecule has 0 unspecified atom stereocenters. The standard InChI is InChI=1S/C40H59N7O6S/c1-26-33(54-25-42-26)29-10-8-27(9-11-29)17-41-35(50)31-16-30(48)19-47(31)36(51)34(38(2,3)4)43-32(49)20-45-23-40(24-45)21-44(22-40)18-28-12-14-46(15-13-28)37(52)53-39(5,6)7/h8-11,25,28,30-31,34,48H,12-24H2,1-7H3,(H,41,50)(H,43,49)/t30-,31+,34-/m1/s1. The minimum Gasteiger partial charge on any atom is -0.444 e. The van der Waals surface area contributed by atoms with Crippen molar-refractivity contribution >= 4 is 35.2 Å². The molecule has 13 nitrogen and oxygen atoms in total. The molecule has 4 amide bonds. The van der Waals surface area contributed by atoms with Crippen molar-refractivity contribution in [2.24, 2.45) is 16.7 Å². The van der Waals surface area contributed by atoms with Gasteiger partial charge >= 0.3 is 6.09 Å². The second-order valence-corrected chi connectivity index (χ2v) is 19.0. The lowest BCUT2D eigenvalue weighted by atomic mass is 9.72. The Hall–Kier alpha value is -3.59. The minimum atomic E-state index is -0.857. The molecule has 5 heterocycles. The summed E-state index contributed by atoms with van der Waals surface area (Å²) in [6.45, 7) is 20.1. The molecule has 3 N–H and O–H groups in total. The normalized spacial score (nSPS) is 22.7. The van der Waals surface area contributed by atoms with Crippen molar-refractivity contribution in [2.75, 3.05) is 58.9 Å². The number of carbonyl (C=O) groups is 4. The van der Waals surface area contributed by atoms with Gasteiger partial charge in [0.2, 0.25) is 17.7 Å². The number of hydrogen-bond acceptors (Lipinski definition) is 10. The van der Waals surface area contributed by atoms with Gasteiger partial charge in [0.1, 0.15) is 17.7 Å². The van der Waals surface area contributed by atoms with E-state index in [1.807, 2.05) is 83.1 Å². The van der Waals surface area contributed by atoms with Gasteiger partial charge in [0, 0.05) is 70.7 Å². The van der Waals surface area contributed by atoms with E-state index < -0.39 is 29.2 Å². The largest absolute Gasteiger partial charge is 0.444 e. The summed E-state index contributed by atoms with van der Waals surface area (Å²) < 4.78 is 5.54. The number of benzene rings is 1. The van der Waals surface area contributed by atoms with Crippen molar-refractivity contribution in [2.45, 2.75) is 98.1 Å². The van der Waals surface area contributed by atoms with Crippen LogP contribution in [-0.2, 0) is 25.7 Å². The third-order valence-electron chi connectivity index (χ3n) is 11.1. The number of amides is 4. The third-order valence-corrected chi connectivity index (χ3v) is 12.1. The predicted molar refractivity (Wildman–Crippen MR) is 207 cm³/mol. The Kier molecular flexibility index (Phi) is 11.8. The lowest BCUT2D eigenvalue weighted by Crippen LogP contribution is -2.73. The highest BCUT2D eigenvalue weighted by atomic mass is 32.1. The number of hydrogen-bond donors (Lipinski definition) is 3. The Morgan fingerprint density at radius 3 is 2.24 bits per heavy atom. The molecule has 14 heteroatoms. The number of aliphatic hydroxyl groups excluding tert-OH is 1. The fourth-order valence-corrected chi connectivity index (χ4v) is 9.24. The average molecular weight is 766 g/mol. The maximum Gasteiger partial charge on any atom is 0.410 e. The minimum absolute atomic E-state index is 0.0380. The smallest absolute Gasteiger partial charge is 0.410 e. The second-order valence-electron chi connectivity index (χ2n) is 18.2. The Morgan fingerprint density at radius 2 is 1.65 bits per heavy atom. The average Bonchev–Trinajstić information content (AvgIpc) is 3.68. The quantitative estimate of drug-likeness (QED) is 0.331. The second kappa shape index (κ2) is 15.9. The van der Waals surface area contributed by atoms with Crippen LogP contribution in [0.15, 0.2) is 29.8 Å². The van der Waals surface area contributed by atoms with Crippen LogP contribution in [0.2, 0.25) is 0 Å². The van der Waals surface area contributed by atoms with E-state index in [9.17, 15) is 24.3 Å². The van der Waals surface area contributed by atoms with E-state index in [0.717, 1.165) is 80.4 Å². The summed E-state index contributed by atoms with van der Waals surface area (Å²) in [5.74, 6) is -0.339. The maximum atomic E-state index is 14.0. The molecule has 4 aliphatic heterocycles. The number of carbonyl (C=O) groups excluding carboxylic acids is 4. The predicted octanol–water partition coefficient (Wildman–Crippen LogP) is 3.49. The van der Waals surface area contributed by atoms with E-state index >= 15 is 0 Å². The molecule has 54 heavy (non-hydrogen) atoms. The first-order valence-electron chi connectivity index (χ1n) is 19.4. The number of nitrogens with one attached hydrogen (secondary N) is 2. The first-order valence-corrected chi connectivity index (χ1v) is 20.2. The van der Waals surface area contributed by atoms with Gasteiger partial charge in [-0.2, -0.15) is 0 Å². The summed E-state index contributed by atoms with van der Waals surface area (Å²) in [4.78, 5) is 66.6. The molecule has 2 aromatic rings. The molecule has 6 rings (SSSR count). The van der Waals surface area contributed by atoms with E-state index in [4.69, 9.17) is 4.74 Å². The summed E-state index contributed by atoms with van der Waals surface area (Å²) in [7, 11) is 0. The van der Waals surface area contributed by atoms with E-state index in [1.54, 1.807) is 11.3 Å². The third kappa shape index (κ3) is 9.61. The molecule has 0 aliphatic carbocycles. The molecular formula is C40H59N7O6S. The number of likely N-dealkylation sites (tertiary alicyclic amines) is 4. The van der Waals surface area contributed by atoms with Crippen LogP contribution < -0.4 is 10.6 Å². The topological polar surface area (TPSA) is 148 Å². The van der Waals surface area contributed by atoms with Gasteiger partial charge in [-0.3, -0.25) is 19.3 Å². The maximum absolute atomic E-state index is 14.0. The molecule has 296 valence electrons. The van der Waals surface area contributed by atoms with Crippen molar-refractivity contribution in [3.05, 3.63) is 41.0 Å². The number of piperidine rings is 1. The molecule has 1 aromatic carbocycles. The van der Waals surface area contributed by atoms with Crippen LogP contribution in [0.4, 0.5) is 4.79 Å². The van der Waals surface area contributed by atoms with E-state index in [-0.39, 0.29) is 48.7 Å². The summed E-state index contributed by atoms with van der Waals surface area (Å²) in [6.07, 6.45) is 1.05. The number of aliphatic hydroxyl groups is 1. The van der Waals surface area contributed by atoms with Gasteiger partial charge in [0.25, 0.3) is 0 Å². The van der Waals surface area contributed by atoms with E-state index in [2.05, 4.69) is 25.4 Å². The van der Waals surface area contributed by atoms with Gasteiger partial charge < -0.3 is 35.2 Å². The number of ether oxygens (including phenoxy) is 1. The van der Waals surface area contributed by atoms with Gasteiger partial charge in [-0.25, -0.2) is 9.78 Å². The Balaban J connectivity index is 0.940. The molecule has 4 fully saturated rings. The number of rotatable bonds is 10. The molecule has 3 atom stereocenters. The zero-order valence-corrected chi connectivity index (χ0v) is 33.8. The number of β-amino-alcohol motifs (C(OH)–C–C–N with tert-alkyl or cyclic N) is 1. The molecule has 0 bridgehead atoms. The van der Waals surface area contributed by atoms with Crippen LogP contribution in [0.25, 0.3) is 10.4 Å². The zero-order chi connectivity index (χ0) is 39.0. The van der Waals surface area contributed by atoms with Crippen molar-refractivity contribution in [3.8, 4) is 10.4 Å². The van der Waals surface area contributed by atoms with Crippen LogP contribution in [0.1, 0.15) is 72.1 Å². The molecule has 1 spiro atoms. The number of aryl methyl sites for hydroxylation is 1. The molecule has 4 saturated heterocycles. The Bertz CT molecular complexity index is 1660. The molecule has 0 saturated carbocycles. The van der Waals surface area contributed by atoms with Crippen LogP contribution in [0.5, 0.6) is 0 Å². The van der Waals surface area contributed by atoms with Gasteiger partial charge in [-0.15, -0.1) is 11.3 Å². The summed E-state index contributed by atoms with van der Waals surface area (Å²) in [5.41, 5.74) is 3.91. The number of thiazole rings is 1. The summed E-state index contributed by atoms with van der Waals surface area (Å²) in [5, 5.41) is 16.5. The van der Waals surface area contributed by atoms with Crippen LogP contribution in [0, 0.1) is 23.7 Å². The van der Waals surface area contributed by atoms with Crippen molar-refractivity contribution in [3.63, 3.8) is 0 Å². The van der Waals surface area contributed by atoms with Crippen LogP contribution in [0.3, 0.4) is 0 Å². The van der Waals surface area contributed by atoms with E-state index in [1.165, 1.54) is 4.90 Å². The van der Waals surface area contributed by atoms with Gasteiger partial charge in [-0.05, 0) is 63.0 Å². The van der Waals surface area contributed by atoms with Gasteiger partial charge in [0.15, 0.2) is 0 Å². The fraction of sp³-hybridized carbons (Fsp3) is 0.675. The fourth-order valence-electron chi connectivity index (χ4n) is 8.43. The van der Waals surface area contributed by atoms with Gasteiger partial charge in [-0.1, -0.05) is 45.0 Å². The van der Waals surface area contributed by atoms with E-state index in [0.29, 0.717) is 12.5 Å². The first-order chi connectivity index (χ1) is 25.4. The lowest BCUT2D eigenvalue weighted by molar-refractivity contribution is -0.147. The zero-order valence-electron chi connectivity index (χ0n) is 33.0. The molecule has 0 radical (unpaired) electrons. The summed E-state index contributed by atoms with van der Waals surface area (Å²) >= 11 is 1.59. The monoisotopic (exact) mass is 765 g/mol. The van der Waals surface area contributed by atoms with Crippen molar-refractivity contribution in [1.82, 2.24) is 35.2 Å². The highest BCUT2D eigenvalue weighted by Crippen LogP contribution is 2.40. The number of aromatic nitrogens is 1. The lowest BCUT2D eigenvalue weighted by Gasteiger charge is -2.61. The van der Waals surface area contributed by atoms with Gasteiger partial charge in [0.05, 0.1) is 28.7 Å². The highest BCUT2D eigenvalue weighted by Gasteiger charge is 2.52. The SMILES string of the molecule is Cc1ncsc1-c1ccc(CNC(=O)[C@@H]2C[C@@H](O)CN2C(=O)[C@@H](NC(=O)CN2CC3(C2)CN(CC2CCN(C(=O)OC(C)(C)C)CC2)C3)C(C)(C)C)cc1.